The van der Waals surface area contributed by atoms with Crippen LogP contribution in [0.3, 0.4) is 0 Å². The van der Waals surface area contributed by atoms with Gasteiger partial charge in [-0.25, -0.2) is 22.4 Å². The van der Waals surface area contributed by atoms with E-state index in [1.165, 1.54) is 37.6 Å². The Hall–Kier alpha value is -5.24. The van der Waals surface area contributed by atoms with Gasteiger partial charge >= 0.3 is 12.1 Å². The van der Waals surface area contributed by atoms with E-state index in [-0.39, 0.29) is 80.8 Å². The minimum atomic E-state index is -1.19. The second-order valence-electron chi connectivity index (χ2n) is 14.5. The monoisotopic (exact) mass is 728 g/mol. The zero-order valence-corrected chi connectivity index (χ0v) is 28.9. The minimum absolute atomic E-state index is 0.0595. The van der Waals surface area contributed by atoms with E-state index in [0.29, 0.717) is 18.9 Å². The van der Waals surface area contributed by atoms with Crippen LogP contribution in [0.15, 0.2) is 54.7 Å². The van der Waals surface area contributed by atoms with Crippen molar-refractivity contribution in [1.29, 1.82) is 0 Å². The number of methoxy groups -OCH3 is 1. The number of rotatable bonds is 6. The first kappa shape index (κ1) is 33.6. The molecule has 1 amide bonds. The maximum atomic E-state index is 16.9. The maximum absolute atomic E-state index is 16.9. The SMILES string of the molecule is COC(=O)N1[C@@H]2CC[C@H]1CN(c1nc(OCC34CCCN3C(c3ccc(F)cc3)CC4)nc3c(F)c(-c4cc(O)cc5ccc(F)c(F)c45)ncc13)C2. The van der Waals surface area contributed by atoms with E-state index in [9.17, 15) is 18.7 Å². The standard InChI is InChI=1S/C39H36F4N6O4/c1-52-38(51)49-24-8-9-25(49)19-47(18-24)36-28-17-44-34(27-16-26(50)15-22-5-10-29(41)32(42)31(22)27)33(43)35(28)45-37(46-36)53-20-39-12-2-14-48(39)30(11-13-39)21-3-6-23(40)7-4-21/h3-7,10,15-17,24-25,30,50H,2,8-9,11-14,18-20H2,1H3/t24-,25+,30?,39?. The van der Waals surface area contributed by atoms with Crippen LogP contribution in [0.25, 0.3) is 32.9 Å². The van der Waals surface area contributed by atoms with Crippen LogP contribution in [0.1, 0.15) is 50.1 Å². The zero-order valence-electron chi connectivity index (χ0n) is 28.9. The molecule has 1 N–H and O–H groups in total. The Kier molecular flexibility index (Phi) is 8.06. The molecule has 2 aromatic heterocycles. The second-order valence-corrected chi connectivity index (χ2v) is 14.5. The van der Waals surface area contributed by atoms with Gasteiger partial charge in [0, 0.05) is 36.3 Å². The lowest BCUT2D eigenvalue weighted by molar-refractivity contribution is 0.0844. The highest BCUT2D eigenvalue weighted by Crippen LogP contribution is 2.49. The summed E-state index contributed by atoms with van der Waals surface area (Å²) >= 11 is 0. The molecule has 4 aliphatic rings. The number of nitrogens with zero attached hydrogens (tertiary/aromatic N) is 6. The summed E-state index contributed by atoms with van der Waals surface area (Å²) in [5.41, 5.74) is 0.113. The summed E-state index contributed by atoms with van der Waals surface area (Å²) in [6.07, 6.45) is 6.06. The molecule has 4 atom stereocenters. The lowest BCUT2D eigenvalue weighted by atomic mass is 9.95. The van der Waals surface area contributed by atoms with Crippen LogP contribution in [0.5, 0.6) is 11.8 Å². The number of carbonyl (C=O) groups is 1. The number of phenols is 1. The van der Waals surface area contributed by atoms with Crippen molar-refractivity contribution in [3.05, 3.63) is 83.6 Å². The number of aromatic nitrogens is 3. The van der Waals surface area contributed by atoms with Gasteiger partial charge in [-0.15, -0.1) is 0 Å². The van der Waals surface area contributed by atoms with Gasteiger partial charge in [0.1, 0.15) is 35.2 Å². The molecular weight excluding hydrogens is 692 g/mol. The highest BCUT2D eigenvalue weighted by Gasteiger charge is 2.50. The van der Waals surface area contributed by atoms with Crippen molar-refractivity contribution in [1.82, 2.24) is 24.8 Å². The number of fused-ring (bicyclic) bond motifs is 5. The van der Waals surface area contributed by atoms with Gasteiger partial charge in [0.2, 0.25) is 0 Å². The Morgan fingerprint density at radius 1 is 0.962 bits per heavy atom. The summed E-state index contributed by atoms with van der Waals surface area (Å²) in [6, 6.07) is 11.0. The van der Waals surface area contributed by atoms with Crippen molar-refractivity contribution in [2.75, 3.05) is 38.3 Å². The average Bonchev–Trinajstić information content (AvgIpc) is 3.81. The lowest BCUT2D eigenvalue weighted by Gasteiger charge is -2.41. The first-order valence-electron chi connectivity index (χ1n) is 17.9. The van der Waals surface area contributed by atoms with Crippen molar-refractivity contribution in [3.63, 3.8) is 0 Å². The van der Waals surface area contributed by atoms with Crippen molar-refractivity contribution >= 4 is 33.6 Å². The Bertz CT molecular complexity index is 2260. The third-order valence-electron chi connectivity index (χ3n) is 11.7. The van der Waals surface area contributed by atoms with E-state index in [1.54, 1.807) is 4.90 Å². The van der Waals surface area contributed by atoms with Crippen molar-refractivity contribution in [2.24, 2.45) is 0 Å². The highest BCUT2D eigenvalue weighted by atomic mass is 19.2. The molecular formula is C39H36F4N6O4. The van der Waals surface area contributed by atoms with Crippen molar-refractivity contribution < 1.29 is 36.9 Å². The molecule has 0 aliphatic carbocycles. The number of hydrogen-bond donors (Lipinski definition) is 1. The number of piperazine rings is 1. The van der Waals surface area contributed by atoms with Gasteiger partial charge in [-0.3, -0.25) is 14.8 Å². The number of ether oxygens (including phenoxy) is 2. The summed E-state index contributed by atoms with van der Waals surface area (Å²) < 4.78 is 71.9. The summed E-state index contributed by atoms with van der Waals surface area (Å²) in [5.74, 6) is -3.42. The first-order chi connectivity index (χ1) is 25.6. The van der Waals surface area contributed by atoms with Crippen molar-refractivity contribution in [2.45, 2.75) is 62.2 Å². The predicted molar refractivity (Wildman–Crippen MR) is 188 cm³/mol. The fraction of sp³-hybridized carbons (Fsp3) is 0.385. The Balaban J connectivity index is 1.12. The van der Waals surface area contributed by atoms with E-state index in [4.69, 9.17) is 14.5 Å². The third kappa shape index (κ3) is 5.48. The molecule has 0 saturated carbocycles. The largest absolute Gasteiger partial charge is 0.508 e. The molecule has 274 valence electrons. The number of carbonyl (C=O) groups excluding carboxylic acids is 1. The molecule has 3 aromatic carbocycles. The number of phenolic OH excluding ortho intramolecular Hbond substituents is 1. The number of pyridine rings is 1. The van der Waals surface area contributed by atoms with Crippen LogP contribution < -0.4 is 9.64 Å². The smallest absolute Gasteiger partial charge is 0.410 e. The van der Waals surface area contributed by atoms with Crippen LogP contribution in [0, 0.1) is 23.3 Å². The molecule has 0 spiro atoms. The fourth-order valence-corrected chi connectivity index (χ4v) is 9.30. The number of hydrogen-bond acceptors (Lipinski definition) is 9. The third-order valence-corrected chi connectivity index (χ3v) is 11.7. The quantitative estimate of drug-likeness (QED) is 0.181. The molecule has 6 heterocycles. The van der Waals surface area contributed by atoms with Gasteiger partial charge < -0.3 is 19.5 Å². The number of benzene rings is 3. The van der Waals surface area contributed by atoms with E-state index < -0.39 is 23.5 Å². The fourth-order valence-electron chi connectivity index (χ4n) is 9.30. The van der Waals surface area contributed by atoms with Gasteiger partial charge in [-0.2, -0.15) is 9.97 Å². The molecule has 2 unspecified atom stereocenters. The molecule has 0 radical (unpaired) electrons. The molecule has 4 fully saturated rings. The van der Waals surface area contributed by atoms with Gasteiger partial charge in [0.15, 0.2) is 17.5 Å². The average molecular weight is 729 g/mol. The zero-order chi connectivity index (χ0) is 36.6. The van der Waals surface area contributed by atoms with E-state index in [2.05, 4.69) is 14.9 Å². The second kappa shape index (κ2) is 12.7. The normalized spacial score (nSPS) is 24.0. The Morgan fingerprint density at radius 3 is 2.49 bits per heavy atom. The summed E-state index contributed by atoms with van der Waals surface area (Å²) in [4.78, 5) is 32.6. The predicted octanol–water partition coefficient (Wildman–Crippen LogP) is 7.27. The van der Waals surface area contributed by atoms with Gasteiger partial charge in [-0.05, 0) is 86.4 Å². The molecule has 10 nitrogen and oxygen atoms in total. The minimum Gasteiger partial charge on any atom is -0.508 e. The van der Waals surface area contributed by atoms with E-state index in [0.717, 1.165) is 62.8 Å². The van der Waals surface area contributed by atoms with Crippen LogP contribution >= 0.6 is 0 Å². The molecule has 4 aliphatic heterocycles. The summed E-state index contributed by atoms with van der Waals surface area (Å²) in [6.45, 7) is 1.89. The van der Waals surface area contributed by atoms with E-state index in [1.807, 2.05) is 17.0 Å². The Morgan fingerprint density at radius 2 is 1.74 bits per heavy atom. The number of aromatic hydroxyl groups is 1. The Labute approximate surface area is 302 Å². The lowest BCUT2D eigenvalue weighted by Crippen LogP contribution is -2.56. The summed E-state index contributed by atoms with van der Waals surface area (Å²) in [7, 11) is 1.36. The number of halogens is 4. The van der Waals surface area contributed by atoms with Crippen LogP contribution in [0.2, 0.25) is 0 Å². The van der Waals surface area contributed by atoms with Crippen LogP contribution in [-0.4, -0.2) is 86.9 Å². The van der Waals surface area contributed by atoms with Crippen molar-refractivity contribution in [3.8, 4) is 23.0 Å². The molecule has 14 heteroatoms. The number of anilines is 1. The maximum Gasteiger partial charge on any atom is 0.410 e. The molecule has 4 saturated heterocycles. The first-order valence-corrected chi connectivity index (χ1v) is 17.9. The highest BCUT2D eigenvalue weighted by molar-refractivity contribution is 6.00. The topological polar surface area (TPSA) is 104 Å². The molecule has 53 heavy (non-hydrogen) atoms. The molecule has 2 bridgehead atoms. The van der Waals surface area contributed by atoms with Gasteiger partial charge in [-0.1, -0.05) is 18.2 Å². The summed E-state index contributed by atoms with van der Waals surface area (Å²) in [5, 5.41) is 10.7. The van der Waals surface area contributed by atoms with Gasteiger partial charge in [0.25, 0.3) is 0 Å². The molecule has 5 aromatic rings. The van der Waals surface area contributed by atoms with Crippen LogP contribution in [0.4, 0.5) is 28.2 Å². The van der Waals surface area contributed by atoms with E-state index >= 15 is 8.78 Å². The molecule has 9 rings (SSSR count). The van der Waals surface area contributed by atoms with Crippen LogP contribution in [-0.2, 0) is 4.74 Å². The van der Waals surface area contributed by atoms with Gasteiger partial charge in [0.05, 0.1) is 30.1 Å². The number of amides is 1.